The van der Waals surface area contributed by atoms with Crippen LogP contribution in [0, 0.1) is 6.92 Å². The van der Waals surface area contributed by atoms with E-state index in [0.29, 0.717) is 13.0 Å². The first-order chi connectivity index (χ1) is 18.7. The van der Waals surface area contributed by atoms with E-state index < -0.39 is 0 Å². The summed E-state index contributed by atoms with van der Waals surface area (Å²) < 4.78 is 6.18. The number of rotatable bonds is 15. The average Bonchev–Trinajstić information content (AvgIpc) is 2.92. The van der Waals surface area contributed by atoms with Gasteiger partial charge in [0.05, 0.1) is 23.1 Å². The molecule has 2 aromatic rings. The van der Waals surface area contributed by atoms with Crippen LogP contribution in [-0.4, -0.2) is 12.5 Å². The van der Waals surface area contributed by atoms with Crippen LogP contribution in [0.15, 0.2) is 74.6 Å². The van der Waals surface area contributed by atoms with Gasteiger partial charge in [-0.2, -0.15) is 0 Å². The highest BCUT2D eigenvalue weighted by Crippen LogP contribution is 2.41. The molecule has 3 N–H and O–H groups in total. The van der Waals surface area contributed by atoms with Crippen molar-refractivity contribution in [1.29, 1.82) is 0 Å². The summed E-state index contributed by atoms with van der Waals surface area (Å²) in [6, 6.07) is 14.4. The third-order valence-corrected chi connectivity index (χ3v) is 8.92. The summed E-state index contributed by atoms with van der Waals surface area (Å²) in [5, 5.41) is 4.93. The average molecular weight is 567 g/mol. The van der Waals surface area contributed by atoms with Gasteiger partial charge in [0.15, 0.2) is 0 Å². The van der Waals surface area contributed by atoms with Gasteiger partial charge < -0.3 is 15.8 Å². The second-order valence-electron chi connectivity index (χ2n) is 9.67. The highest BCUT2D eigenvalue weighted by Gasteiger charge is 2.18. The Labute approximate surface area is 244 Å². The van der Waals surface area contributed by atoms with Crippen molar-refractivity contribution in [3.05, 3.63) is 86.4 Å². The number of nitrogens with two attached hydrogens (primary N) is 1. The van der Waals surface area contributed by atoms with Crippen molar-refractivity contribution >= 4 is 34.3 Å². The Kier molecular flexibility index (Phi) is 14.4. The van der Waals surface area contributed by atoms with Crippen LogP contribution < -0.4 is 15.8 Å². The van der Waals surface area contributed by atoms with E-state index in [4.69, 9.17) is 10.5 Å². The van der Waals surface area contributed by atoms with Crippen LogP contribution in [0.5, 0.6) is 5.75 Å². The molecule has 0 spiro atoms. The minimum Gasteiger partial charge on any atom is -0.493 e. The van der Waals surface area contributed by atoms with Crippen LogP contribution >= 0.6 is 23.5 Å². The van der Waals surface area contributed by atoms with Crippen molar-refractivity contribution in [1.82, 2.24) is 5.32 Å². The SMILES string of the molecule is CC/C=C(\N)Sc1cc(CC(=O)N/C(S/C(=C(/C)CC)c2ccccc2OCCCC)=C(/C)CC)ccc1C. The third kappa shape index (κ3) is 10.5. The van der Waals surface area contributed by atoms with Gasteiger partial charge in [0.1, 0.15) is 5.75 Å². The summed E-state index contributed by atoms with van der Waals surface area (Å²) >= 11 is 3.19. The maximum atomic E-state index is 13.3. The van der Waals surface area contributed by atoms with E-state index in [0.717, 1.165) is 80.0 Å². The van der Waals surface area contributed by atoms with E-state index in [1.807, 2.05) is 24.3 Å². The summed E-state index contributed by atoms with van der Waals surface area (Å²) in [5.74, 6) is 0.866. The number of carbonyl (C=O) groups is 1. The van der Waals surface area contributed by atoms with E-state index in [-0.39, 0.29) is 5.91 Å². The Morgan fingerprint density at radius 3 is 2.41 bits per heavy atom. The van der Waals surface area contributed by atoms with E-state index in [1.54, 1.807) is 23.5 Å². The predicted molar refractivity (Wildman–Crippen MR) is 172 cm³/mol. The van der Waals surface area contributed by atoms with Gasteiger partial charge in [-0.15, -0.1) is 0 Å². The Bertz CT molecular complexity index is 1200. The number of allylic oxidation sites excluding steroid dienone is 3. The number of hydrogen-bond acceptors (Lipinski definition) is 5. The molecule has 0 aliphatic carbocycles. The predicted octanol–water partition coefficient (Wildman–Crippen LogP) is 9.35. The molecule has 0 saturated carbocycles. The molecule has 39 heavy (non-hydrogen) atoms. The van der Waals surface area contributed by atoms with Crippen LogP contribution in [0.1, 0.15) is 90.3 Å². The molecule has 2 rings (SSSR count). The Balaban J connectivity index is 2.30. The highest BCUT2D eigenvalue weighted by atomic mass is 32.2. The molecule has 0 aromatic heterocycles. The number of thioether (sulfide) groups is 2. The molecular formula is C33H46N2O2S2. The fraction of sp³-hybridized carbons (Fsp3) is 0.424. The molecule has 0 atom stereocenters. The summed E-state index contributed by atoms with van der Waals surface area (Å²) in [6.07, 6.45) is 7.08. The van der Waals surface area contributed by atoms with Gasteiger partial charge in [0, 0.05) is 15.4 Å². The lowest BCUT2D eigenvalue weighted by Gasteiger charge is -2.20. The van der Waals surface area contributed by atoms with E-state index in [2.05, 4.69) is 78.0 Å². The number of ether oxygens (including phenoxy) is 1. The first kappa shape index (κ1) is 32.6. The van der Waals surface area contributed by atoms with Gasteiger partial charge in [0.2, 0.25) is 5.91 Å². The van der Waals surface area contributed by atoms with Crippen LogP contribution in [0.25, 0.3) is 4.91 Å². The lowest BCUT2D eigenvalue weighted by atomic mass is 10.1. The molecule has 0 aliphatic rings. The Morgan fingerprint density at radius 2 is 1.74 bits per heavy atom. The second kappa shape index (κ2) is 17.2. The smallest absolute Gasteiger partial charge is 0.229 e. The van der Waals surface area contributed by atoms with E-state index in [1.165, 1.54) is 5.57 Å². The minimum atomic E-state index is -0.0249. The summed E-state index contributed by atoms with van der Waals surface area (Å²) in [7, 11) is 0. The largest absolute Gasteiger partial charge is 0.493 e. The zero-order valence-corrected chi connectivity index (χ0v) is 26.4. The summed E-state index contributed by atoms with van der Waals surface area (Å²) in [6.45, 7) is 15.5. The molecule has 1 amide bonds. The quantitative estimate of drug-likeness (QED) is 0.166. The van der Waals surface area contributed by atoms with Crippen LogP contribution in [0.2, 0.25) is 0 Å². The number of amides is 1. The number of hydrogen-bond donors (Lipinski definition) is 2. The Morgan fingerprint density at radius 1 is 1.03 bits per heavy atom. The second-order valence-corrected chi connectivity index (χ2v) is 11.8. The summed E-state index contributed by atoms with van der Waals surface area (Å²) in [4.78, 5) is 15.5. The molecule has 0 bridgehead atoms. The topological polar surface area (TPSA) is 64.4 Å². The fourth-order valence-electron chi connectivity index (χ4n) is 3.71. The van der Waals surface area contributed by atoms with Gasteiger partial charge >= 0.3 is 0 Å². The van der Waals surface area contributed by atoms with E-state index >= 15 is 0 Å². The molecule has 0 aliphatic heterocycles. The number of nitrogens with one attached hydrogen (secondary N) is 1. The number of benzene rings is 2. The lowest BCUT2D eigenvalue weighted by Crippen LogP contribution is -2.24. The zero-order chi connectivity index (χ0) is 28.8. The van der Waals surface area contributed by atoms with Crippen LogP contribution in [0.4, 0.5) is 0 Å². The monoisotopic (exact) mass is 566 g/mol. The van der Waals surface area contributed by atoms with Gasteiger partial charge in [-0.1, -0.05) is 99.6 Å². The molecule has 0 heterocycles. The van der Waals surface area contributed by atoms with Gasteiger partial charge in [-0.3, -0.25) is 4.79 Å². The molecule has 4 nitrogen and oxygen atoms in total. The molecule has 6 heteroatoms. The molecule has 0 unspecified atom stereocenters. The molecular weight excluding hydrogens is 521 g/mol. The molecule has 2 aromatic carbocycles. The molecule has 212 valence electrons. The normalized spacial score (nSPS) is 13.1. The number of aryl methyl sites for hydroxylation is 1. The zero-order valence-electron chi connectivity index (χ0n) is 24.8. The van der Waals surface area contributed by atoms with Crippen LogP contribution in [0.3, 0.4) is 0 Å². The van der Waals surface area contributed by atoms with Gasteiger partial charge in [-0.25, -0.2) is 0 Å². The first-order valence-electron chi connectivity index (χ1n) is 14.1. The molecule has 0 fully saturated rings. The minimum absolute atomic E-state index is 0.0249. The maximum Gasteiger partial charge on any atom is 0.229 e. The van der Waals surface area contributed by atoms with Crippen LogP contribution in [-0.2, 0) is 11.2 Å². The highest BCUT2D eigenvalue weighted by molar-refractivity contribution is 8.11. The standard InChI is InChI=1S/C33H46N2O2S2/c1-8-12-20-37-28-17-14-13-16-27(28)32(23(5)10-3)39-33(24(6)11-4)35-31(36)22-26-19-18-25(7)29(21-26)38-30(34)15-9-2/h13-19,21H,8-12,20,22,34H2,1-7H3,(H,35,36)/b30-15+,32-23-,33-24+. The lowest BCUT2D eigenvalue weighted by molar-refractivity contribution is -0.119. The molecule has 0 radical (unpaired) electrons. The molecule has 0 saturated heterocycles. The Hall–Kier alpha value is -2.57. The number of carbonyl (C=O) groups excluding carboxylic acids is 1. The van der Waals surface area contributed by atoms with Gasteiger partial charge in [-0.05, 0) is 75.3 Å². The van der Waals surface area contributed by atoms with E-state index in [9.17, 15) is 4.79 Å². The van der Waals surface area contributed by atoms with Crippen molar-refractivity contribution in [2.75, 3.05) is 6.61 Å². The fourth-order valence-corrected chi connectivity index (χ4v) is 5.94. The summed E-state index contributed by atoms with van der Waals surface area (Å²) in [5.41, 5.74) is 11.8. The maximum absolute atomic E-state index is 13.3. The first-order valence-corrected chi connectivity index (χ1v) is 15.7. The van der Waals surface area contributed by atoms with Crippen molar-refractivity contribution in [2.45, 2.75) is 91.9 Å². The van der Waals surface area contributed by atoms with Crippen molar-refractivity contribution in [3.8, 4) is 5.75 Å². The third-order valence-electron chi connectivity index (χ3n) is 6.43. The van der Waals surface area contributed by atoms with Crippen molar-refractivity contribution < 1.29 is 9.53 Å². The number of unbranched alkanes of at least 4 members (excludes halogenated alkanes) is 1. The number of para-hydroxylation sites is 1. The van der Waals surface area contributed by atoms with Gasteiger partial charge in [0.25, 0.3) is 0 Å². The van der Waals surface area contributed by atoms with Crippen molar-refractivity contribution in [3.63, 3.8) is 0 Å². The van der Waals surface area contributed by atoms with Crippen molar-refractivity contribution in [2.24, 2.45) is 5.73 Å².